The molecule has 0 aliphatic rings. The molecule has 96 valence electrons. The summed E-state index contributed by atoms with van der Waals surface area (Å²) in [5, 5.41) is 3.36. The first-order chi connectivity index (χ1) is 8.00. The molecule has 17 heavy (non-hydrogen) atoms. The van der Waals surface area contributed by atoms with Crippen LogP contribution in [0.4, 0.5) is 0 Å². The molecule has 0 saturated carbocycles. The normalized spacial score (nSPS) is 13.7. The number of hydrogen-bond acceptors (Lipinski definition) is 3. The molecule has 3 nitrogen and oxygen atoms in total. The van der Waals surface area contributed by atoms with E-state index < -0.39 is 0 Å². The second-order valence-corrected chi connectivity index (χ2v) is 5.02. The Labute approximate surface area is 105 Å². The Bertz CT molecular complexity index is 350. The van der Waals surface area contributed by atoms with Crippen LogP contribution in [0.3, 0.4) is 0 Å². The van der Waals surface area contributed by atoms with Gasteiger partial charge in [-0.15, -0.1) is 0 Å². The van der Waals surface area contributed by atoms with E-state index in [2.05, 4.69) is 37.1 Å². The zero-order chi connectivity index (χ0) is 12.9. The van der Waals surface area contributed by atoms with Gasteiger partial charge in [0.05, 0.1) is 5.60 Å². The molecule has 0 saturated heterocycles. The third kappa shape index (κ3) is 4.10. The predicted octanol–water partition coefficient (Wildman–Crippen LogP) is 2.86. The largest absolute Gasteiger partial charge is 0.379 e. The van der Waals surface area contributed by atoms with Crippen LogP contribution in [-0.2, 0) is 4.74 Å². The molecular formula is C14H24N2O. The first-order valence-corrected chi connectivity index (χ1v) is 6.14. The van der Waals surface area contributed by atoms with Gasteiger partial charge in [0, 0.05) is 25.0 Å². The maximum absolute atomic E-state index is 5.46. The van der Waals surface area contributed by atoms with Crippen LogP contribution in [-0.4, -0.2) is 24.7 Å². The van der Waals surface area contributed by atoms with Crippen molar-refractivity contribution in [2.75, 3.05) is 14.2 Å². The third-order valence-electron chi connectivity index (χ3n) is 3.36. The van der Waals surface area contributed by atoms with Gasteiger partial charge in [-0.1, -0.05) is 6.07 Å². The molecule has 0 bridgehead atoms. The zero-order valence-electron chi connectivity index (χ0n) is 11.6. The summed E-state index contributed by atoms with van der Waals surface area (Å²) < 4.78 is 5.46. The lowest BCUT2D eigenvalue weighted by atomic mass is 9.94. The molecule has 1 heterocycles. The van der Waals surface area contributed by atoms with Crippen molar-refractivity contribution in [1.82, 2.24) is 10.3 Å². The van der Waals surface area contributed by atoms with Crippen LogP contribution in [0.5, 0.6) is 0 Å². The van der Waals surface area contributed by atoms with Crippen molar-refractivity contribution in [3.05, 3.63) is 29.6 Å². The van der Waals surface area contributed by atoms with Crippen molar-refractivity contribution >= 4 is 0 Å². The van der Waals surface area contributed by atoms with Crippen LogP contribution in [0.15, 0.2) is 18.3 Å². The Morgan fingerprint density at radius 2 is 2.18 bits per heavy atom. The molecule has 1 unspecified atom stereocenters. The Kier molecular flexibility index (Phi) is 5.09. The number of ether oxygens (including phenoxy) is 1. The van der Waals surface area contributed by atoms with Crippen molar-refractivity contribution in [3.8, 4) is 0 Å². The first kappa shape index (κ1) is 14.1. The highest BCUT2D eigenvalue weighted by Gasteiger charge is 2.20. The van der Waals surface area contributed by atoms with Gasteiger partial charge in [0.15, 0.2) is 0 Å². The monoisotopic (exact) mass is 236 g/mol. The Hall–Kier alpha value is -0.930. The summed E-state index contributed by atoms with van der Waals surface area (Å²) in [5.74, 6) is 0. The highest BCUT2D eigenvalue weighted by Crippen LogP contribution is 2.25. The summed E-state index contributed by atoms with van der Waals surface area (Å²) in [6.45, 7) is 6.30. The van der Waals surface area contributed by atoms with Crippen LogP contribution < -0.4 is 5.32 Å². The third-order valence-corrected chi connectivity index (χ3v) is 3.36. The smallest absolute Gasteiger partial charge is 0.0623 e. The van der Waals surface area contributed by atoms with E-state index in [0.717, 1.165) is 18.5 Å². The maximum Gasteiger partial charge on any atom is 0.0623 e. The molecule has 1 aromatic rings. The number of methoxy groups -OCH3 is 1. The molecule has 3 heteroatoms. The Morgan fingerprint density at radius 3 is 2.71 bits per heavy atom. The maximum atomic E-state index is 5.46. The Balaban J connectivity index is 2.70. The van der Waals surface area contributed by atoms with Crippen molar-refractivity contribution in [2.24, 2.45) is 0 Å². The van der Waals surface area contributed by atoms with Crippen LogP contribution in [0.1, 0.15) is 44.0 Å². The molecule has 0 radical (unpaired) electrons. The van der Waals surface area contributed by atoms with Crippen molar-refractivity contribution in [3.63, 3.8) is 0 Å². The number of rotatable bonds is 6. The van der Waals surface area contributed by atoms with Gasteiger partial charge in [0.1, 0.15) is 0 Å². The number of nitrogens with zero attached hydrogens (tertiary/aromatic N) is 1. The quantitative estimate of drug-likeness (QED) is 0.824. The number of pyridine rings is 1. The van der Waals surface area contributed by atoms with Gasteiger partial charge >= 0.3 is 0 Å². The van der Waals surface area contributed by atoms with Gasteiger partial charge in [-0.3, -0.25) is 4.98 Å². The summed E-state index contributed by atoms with van der Waals surface area (Å²) in [6.07, 6.45) is 3.90. The van der Waals surface area contributed by atoms with E-state index >= 15 is 0 Å². The summed E-state index contributed by atoms with van der Waals surface area (Å²) >= 11 is 0. The van der Waals surface area contributed by atoms with E-state index in [9.17, 15) is 0 Å². The van der Waals surface area contributed by atoms with E-state index in [-0.39, 0.29) is 5.60 Å². The number of aryl methyl sites for hydroxylation is 1. The van der Waals surface area contributed by atoms with E-state index in [1.54, 1.807) is 7.11 Å². The molecule has 0 aliphatic carbocycles. The van der Waals surface area contributed by atoms with Gasteiger partial charge in [0.25, 0.3) is 0 Å². The topological polar surface area (TPSA) is 34.1 Å². The molecule has 1 atom stereocenters. The first-order valence-electron chi connectivity index (χ1n) is 6.14. The number of nitrogens with one attached hydrogen (secondary N) is 1. The average molecular weight is 236 g/mol. The summed E-state index contributed by atoms with van der Waals surface area (Å²) in [5.41, 5.74) is 2.31. The molecule has 1 aromatic heterocycles. The van der Waals surface area contributed by atoms with Crippen LogP contribution >= 0.6 is 0 Å². The summed E-state index contributed by atoms with van der Waals surface area (Å²) in [4.78, 5) is 4.34. The van der Waals surface area contributed by atoms with Gasteiger partial charge in [0.2, 0.25) is 0 Å². The van der Waals surface area contributed by atoms with Gasteiger partial charge in [-0.25, -0.2) is 0 Å². The van der Waals surface area contributed by atoms with Crippen molar-refractivity contribution < 1.29 is 4.74 Å². The van der Waals surface area contributed by atoms with E-state index in [4.69, 9.17) is 4.74 Å². The number of hydrogen-bond donors (Lipinski definition) is 1. The standard InChI is InChI=1S/C14H24N2O/c1-11-12(7-6-10-16-11)13(15-4)8-9-14(2,3)17-5/h6-7,10,13,15H,8-9H2,1-5H3. The van der Waals surface area contributed by atoms with E-state index in [1.165, 1.54) is 5.56 Å². The predicted molar refractivity (Wildman–Crippen MR) is 71.1 cm³/mol. The van der Waals surface area contributed by atoms with Gasteiger partial charge in [-0.2, -0.15) is 0 Å². The molecule has 1 N–H and O–H groups in total. The summed E-state index contributed by atoms with van der Waals surface area (Å²) in [7, 11) is 3.76. The zero-order valence-corrected chi connectivity index (χ0v) is 11.6. The second-order valence-electron chi connectivity index (χ2n) is 5.02. The Morgan fingerprint density at radius 1 is 1.47 bits per heavy atom. The SMILES string of the molecule is CNC(CCC(C)(C)OC)c1cccnc1C. The molecule has 0 spiro atoms. The molecule has 0 aromatic carbocycles. The number of aromatic nitrogens is 1. The minimum atomic E-state index is -0.0643. The van der Waals surface area contributed by atoms with Gasteiger partial charge < -0.3 is 10.1 Å². The fraction of sp³-hybridized carbons (Fsp3) is 0.643. The average Bonchev–Trinajstić information content (AvgIpc) is 2.32. The van der Waals surface area contributed by atoms with Crippen LogP contribution in [0, 0.1) is 6.92 Å². The van der Waals surface area contributed by atoms with Crippen LogP contribution in [0.25, 0.3) is 0 Å². The molecule has 1 rings (SSSR count). The lowest BCUT2D eigenvalue weighted by molar-refractivity contribution is 0.0118. The van der Waals surface area contributed by atoms with Crippen molar-refractivity contribution in [1.29, 1.82) is 0 Å². The lowest BCUT2D eigenvalue weighted by Gasteiger charge is -2.26. The lowest BCUT2D eigenvalue weighted by Crippen LogP contribution is -2.26. The van der Waals surface area contributed by atoms with E-state index in [1.807, 2.05) is 19.3 Å². The minimum Gasteiger partial charge on any atom is -0.379 e. The van der Waals surface area contributed by atoms with Crippen molar-refractivity contribution in [2.45, 2.75) is 45.3 Å². The highest BCUT2D eigenvalue weighted by molar-refractivity contribution is 5.22. The molecular weight excluding hydrogens is 212 g/mol. The fourth-order valence-corrected chi connectivity index (χ4v) is 1.91. The second kappa shape index (κ2) is 6.12. The molecule has 0 aliphatic heterocycles. The van der Waals surface area contributed by atoms with Crippen LogP contribution in [0.2, 0.25) is 0 Å². The highest BCUT2D eigenvalue weighted by atomic mass is 16.5. The fourth-order valence-electron chi connectivity index (χ4n) is 1.91. The summed E-state index contributed by atoms with van der Waals surface area (Å²) in [6, 6.07) is 4.48. The van der Waals surface area contributed by atoms with E-state index in [0.29, 0.717) is 6.04 Å². The molecule has 0 amide bonds. The molecule has 0 fully saturated rings. The minimum absolute atomic E-state index is 0.0643. The van der Waals surface area contributed by atoms with Gasteiger partial charge in [-0.05, 0) is 52.3 Å².